The molecule has 4 rings (SSSR count). The van der Waals surface area contributed by atoms with E-state index < -0.39 is 0 Å². The molecule has 0 atom stereocenters. The molecule has 4 aromatic rings. The minimum absolute atomic E-state index is 0.749. The summed E-state index contributed by atoms with van der Waals surface area (Å²) in [4.78, 5) is 10.3. The number of nitrogens with one attached hydrogen (secondary N) is 1. The minimum atomic E-state index is 0.749. The van der Waals surface area contributed by atoms with Crippen molar-refractivity contribution in [3.8, 4) is 11.4 Å². The molecule has 0 fully saturated rings. The number of benzene rings is 1. The molecule has 7 heteroatoms. The van der Waals surface area contributed by atoms with Gasteiger partial charge in [0.2, 0.25) is 0 Å². The van der Waals surface area contributed by atoms with Crippen LogP contribution in [0.1, 0.15) is 11.3 Å². The van der Waals surface area contributed by atoms with Gasteiger partial charge in [0, 0.05) is 27.7 Å². The van der Waals surface area contributed by atoms with Gasteiger partial charge in [0.15, 0.2) is 10.1 Å². The maximum atomic E-state index is 6.17. The monoisotopic (exact) mass is 360 g/mol. The fraction of sp³-hybridized carbons (Fsp3) is 0.125. The molecule has 116 valence electrons. The van der Waals surface area contributed by atoms with E-state index in [1.165, 1.54) is 0 Å². The summed E-state index contributed by atoms with van der Waals surface area (Å²) >= 11 is 9.37. The molecule has 0 radical (unpaired) electrons. The third-order valence-corrected chi connectivity index (χ3v) is 5.62. The molecule has 0 saturated heterocycles. The maximum absolute atomic E-state index is 6.17. The number of thiazole rings is 2. The minimum Gasteiger partial charge on any atom is -0.331 e. The van der Waals surface area contributed by atoms with Gasteiger partial charge >= 0.3 is 0 Å². The summed E-state index contributed by atoms with van der Waals surface area (Å²) in [6.45, 7) is 4.01. The van der Waals surface area contributed by atoms with Crippen LogP contribution >= 0.6 is 34.3 Å². The van der Waals surface area contributed by atoms with Crippen LogP contribution in [0.2, 0.25) is 5.02 Å². The zero-order valence-electron chi connectivity index (χ0n) is 12.5. The number of halogens is 1. The van der Waals surface area contributed by atoms with Crippen LogP contribution in [-0.2, 0) is 0 Å². The number of rotatable bonds is 3. The van der Waals surface area contributed by atoms with Crippen molar-refractivity contribution < 1.29 is 0 Å². The molecule has 23 heavy (non-hydrogen) atoms. The first kappa shape index (κ1) is 14.7. The van der Waals surface area contributed by atoms with Gasteiger partial charge in [-0.15, -0.1) is 22.7 Å². The molecular weight excluding hydrogens is 348 g/mol. The van der Waals surface area contributed by atoms with Crippen molar-refractivity contribution in [2.24, 2.45) is 0 Å². The van der Waals surface area contributed by atoms with Gasteiger partial charge in [-0.3, -0.25) is 4.40 Å². The molecule has 0 aliphatic rings. The van der Waals surface area contributed by atoms with Gasteiger partial charge in [-0.25, -0.2) is 9.97 Å². The summed E-state index contributed by atoms with van der Waals surface area (Å²) in [5.41, 5.74) is 4.97. The van der Waals surface area contributed by atoms with Gasteiger partial charge in [0.25, 0.3) is 0 Å². The highest BCUT2D eigenvalue weighted by Crippen LogP contribution is 2.32. The number of hydrogen-bond acceptors (Lipinski definition) is 5. The topological polar surface area (TPSA) is 42.2 Å². The Morgan fingerprint density at radius 1 is 1.17 bits per heavy atom. The smallest absolute Gasteiger partial charge is 0.194 e. The predicted octanol–water partition coefficient (Wildman–Crippen LogP) is 5.53. The van der Waals surface area contributed by atoms with Crippen LogP contribution in [0.3, 0.4) is 0 Å². The number of nitrogens with zero attached hydrogens (tertiary/aromatic N) is 3. The highest BCUT2D eigenvalue weighted by Gasteiger charge is 2.15. The Hall–Kier alpha value is -1.89. The predicted molar refractivity (Wildman–Crippen MR) is 98.4 cm³/mol. The van der Waals surface area contributed by atoms with Gasteiger partial charge in [-0.05, 0) is 31.5 Å². The summed E-state index contributed by atoms with van der Waals surface area (Å²) in [6, 6.07) is 5.82. The summed E-state index contributed by atoms with van der Waals surface area (Å²) in [6.07, 6.45) is 2.03. The largest absolute Gasteiger partial charge is 0.331 e. The van der Waals surface area contributed by atoms with Crippen LogP contribution in [0.5, 0.6) is 0 Å². The van der Waals surface area contributed by atoms with Gasteiger partial charge in [-0.1, -0.05) is 17.7 Å². The number of anilines is 2. The van der Waals surface area contributed by atoms with Crippen molar-refractivity contribution in [1.29, 1.82) is 0 Å². The fourth-order valence-corrected chi connectivity index (χ4v) is 4.14. The second kappa shape index (κ2) is 5.63. The van der Waals surface area contributed by atoms with Crippen molar-refractivity contribution in [2.75, 3.05) is 5.32 Å². The van der Waals surface area contributed by atoms with Gasteiger partial charge in [0.1, 0.15) is 5.69 Å². The summed E-state index contributed by atoms with van der Waals surface area (Å²) in [5, 5.41) is 9.03. The highest BCUT2D eigenvalue weighted by molar-refractivity contribution is 7.15. The van der Waals surface area contributed by atoms with E-state index in [-0.39, 0.29) is 0 Å². The first-order valence-corrected chi connectivity index (χ1v) is 9.17. The van der Waals surface area contributed by atoms with E-state index in [0.717, 1.165) is 43.4 Å². The van der Waals surface area contributed by atoms with Crippen LogP contribution in [-0.4, -0.2) is 14.4 Å². The number of imidazole rings is 1. The maximum Gasteiger partial charge on any atom is 0.194 e. The lowest BCUT2D eigenvalue weighted by Crippen LogP contribution is -1.93. The Labute approximate surface area is 146 Å². The molecule has 4 nitrogen and oxygen atoms in total. The SMILES string of the molecule is Cc1nc2sccn2c1-c1csc(Nc2cccc(Cl)c2C)n1. The second-order valence-corrected chi connectivity index (χ2v) is 7.32. The van der Waals surface area contributed by atoms with Crippen molar-refractivity contribution in [3.05, 3.63) is 51.4 Å². The molecule has 1 aromatic carbocycles. The first-order chi connectivity index (χ1) is 11.1. The summed E-state index contributed by atoms with van der Waals surface area (Å²) in [5.74, 6) is 0. The van der Waals surface area contributed by atoms with Crippen LogP contribution in [0.25, 0.3) is 16.3 Å². The van der Waals surface area contributed by atoms with Gasteiger partial charge < -0.3 is 5.32 Å². The van der Waals surface area contributed by atoms with E-state index in [0.29, 0.717) is 0 Å². The van der Waals surface area contributed by atoms with E-state index >= 15 is 0 Å². The van der Waals surface area contributed by atoms with Crippen LogP contribution in [0, 0.1) is 13.8 Å². The lowest BCUT2D eigenvalue weighted by molar-refractivity contribution is 1.20. The molecule has 0 bridgehead atoms. The molecule has 0 unspecified atom stereocenters. The van der Waals surface area contributed by atoms with Gasteiger partial charge in [-0.2, -0.15) is 0 Å². The second-order valence-electron chi connectivity index (χ2n) is 5.18. The molecule has 3 heterocycles. The van der Waals surface area contributed by atoms with Crippen LogP contribution in [0.4, 0.5) is 10.8 Å². The Morgan fingerprint density at radius 2 is 2.04 bits per heavy atom. The molecule has 0 amide bonds. The number of aromatic nitrogens is 3. The lowest BCUT2D eigenvalue weighted by atomic mass is 10.2. The zero-order valence-corrected chi connectivity index (χ0v) is 14.9. The standard InChI is InChI=1S/C16H13ClN4S2/c1-9-11(17)4-3-5-12(9)19-15-20-13(8-23-15)14-10(2)18-16-21(14)6-7-22-16/h3-8H,1-2H3,(H,19,20). The van der Waals surface area contributed by atoms with Gasteiger partial charge in [0.05, 0.1) is 11.4 Å². The van der Waals surface area contributed by atoms with E-state index in [1.54, 1.807) is 22.7 Å². The van der Waals surface area contributed by atoms with Crippen molar-refractivity contribution >= 4 is 50.1 Å². The highest BCUT2D eigenvalue weighted by atomic mass is 35.5. The Bertz CT molecular complexity index is 999. The van der Waals surface area contributed by atoms with E-state index in [2.05, 4.69) is 20.1 Å². The van der Waals surface area contributed by atoms with E-state index in [4.69, 9.17) is 16.6 Å². The number of fused-ring (bicyclic) bond motifs is 1. The molecule has 0 aliphatic carbocycles. The third kappa shape index (κ3) is 2.52. The lowest BCUT2D eigenvalue weighted by Gasteiger charge is -2.07. The van der Waals surface area contributed by atoms with Crippen molar-refractivity contribution in [2.45, 2.75) is 13.8 Å². The average molecular weight is 361 g/mol. The van der Waals surface area contributed by atoms with Crippen LogP contribution < -0.4 is 5.32 Å². The molecule has 1 N–H and O–H groups in total. The zero-order chi connectivity index (χ0) is 16.0. The average Bonchev–Trinajstić information content (AvgIpc) is 3.20. The molecule has 3 aromatic heterocycles. The molecular formula is C16H13ClN4S2. The summed E-state index contributed by atoms with van der Waals surface area (Å²) in [7, 11) is 0. The van der Waals surface area contributed by atoms with E-state index in [1.807, 2.05) is 43.6 Å². The Kier molecular flexibility index (Phi) is 3.60. The Balaban J connectivity index is 1.71. The molecule has 0 spiro atoms. The molecule has 0 saturated carbocycles. The number of hydrogen-bond donors (Lipinski definition) is 1. The van der Waals surface area contributed by atoms with Crippen molar-refractivity contribution in [3.63, 3.8) is 0 Å². The fourth-order valence-electron chi connectivity index (χ4n) is 2.50. The van der Waals surface area contributed by atoms with Crippen molar-refractivity contribution in [1.82, 2.24) is 14.4 Å². The summed E-state index contributed by atoms with van der Waals surface area (Å²) < 4.78 is 2.09. The van der Waals surface area contributed by atoms with Crippen LogP contribution in [0.15, 0.2) is 35.2 Å². The quantitative estimate of drug-likeness (QED) is 0.522. The third-order valence-electron chi connectivity index (χ3n) is 3.69. The first-order valence-electron chi connectivity index (χ1n) is 7.03. The molecule has 0 aliphatic heterocycles. The van der Waals surface area contributed by atoms with E-state index in [9.17, 15) is 0 Å². The number of aryl methyl sites for hydroxylation is 1. The Morgan fingerprint density at radius 3 is 2.91 bits per heavy atom. The normalized spacial score (nSPS) is 11.3.